The van der Waals surface area contributed by atoms with Crippen LogP contribution in [0.2, 0.25) is 0 Å². The Bertz CT molecular complexity index is 372. The van der Waals surface area contributed by atoms with Crippen molar-refractivity contribution in [1.82, 2.24) is 15.2 Å². The maximum Gasteiger partial charge on any atom is 0.0944 e. The third-order valence-corrected chi connectivity index (χ3v) is 5.07. The zero-order valence-corrected chi connectivity index (χ0v) is 14.6. The van der Waals surface area contributed by atoms with E-state index in [1.54, 1.807) is 0 Å². The Morgan fingerprint density at radius 1 is 1.20 bits per heavy atom. The first kappa shape index (κ1) is 17.6. The smallest absolute Gasteiger partial charge is 0.0944 e. The molecule has 1 N–H and O–H groups in total. The predicted molar refractivity (Wildman–Crippen MR) is 89.6 cm³/mol. The van der Waals surface area contributed by atoms with Crippen molar-refractivity contribution in [2.75, 3.05) is 19.6 Å². The minimum Gasteiger partial charge on any atom is -0.309 e. The van der Waals surface area contributed by atoms with Crippen LogP contribution >= 0.6 is 11.3 Å². The largest absolute Gasteiger partial charge is 0.309 e. The van der Waals surface area contributed by atoms with Crippen molar-refractivity contribution in [1.29, 1.82) is 0 Å². The Morgan fingerprint density at radius 2 is 1.90 bits per heavy atom. The highest BCUT2D eigenvalue weighted by molar-refractivity contribution is 7.11. The van der Waals surface area contributed by atoms with Gasteiger partial charge in [0.1, 0.15) is 0 Å². The summed E-state index contributed by atoms with van der Waals surface area (Å²) in [5, 5.41) is 4.88. The highest BCUT2D eigenvalue weighted by Gasteiger charge is 2.11. The van der Waals surface area contributed by atoms with Crippen LogP contribution in [-0.2, 0) is 19.4 Å². The van der Waals surface area contributed by atoms with E-state index in [-0.39, 0.29) is 0 Å². The van der Waals surface area contributed by atoms with E-state index in [9.17, 15) is 0 Å². The second-order valence-electron chi connectivity index (χ2n) is 5.30. The zero-order valence-electron chi connectivity index (χ0n) is 13.8. The quantitative estimate of drug-likeness (QED) is 0.716. The number of thiazole rings is 1. The van der Waals surface area contributed by atoms with Gasteiger partial charge >= 0.3 is 0 Å². The summed E-state index contributed by atoms with van der Waals surface area (Å²) in [6.45, 7) is 15.5. The Labute approximate surface area is 128 Å². The van der Waals surface area contributed by atoms with E-state index in [1.165, 1.54) is 22.0 Å². The van der Waals surface area contributed by atoms with Crippen LogP contribution in [0.3, 0.4) is 0 Å². The van der Waals surface area contributed by atoms with Crippen LogP contribution < -0.4 is 5.32 Å². The molecule has 1 aromatic rings. The molecule has 0 radical (unpaired) electrons. The number of aryl methyl sites for hydroxylation is 1. The van der Waals surface area contributed by atoms with Gasteiger partial charge in [-0.15, -0.1) is 11.3 Å². The lowest BCUT2D eigenvalue weighted by atomic mass is 10.2. The fraction of sp³-hybridized carbons (Fsp3) is 0.812. The van der Waals surface area contributed by atoms with Crippen molar-refractivity contribution in [3.05, 3.63) is 15.6 Å². The first-order valence-electron chi connectivity index (χ1n) is 8.07. The molecule has 0 aliphatic carbocycles. The van der Waals surface area contributed by atoms with Gasteiger partial charge in [0.2, 0.25) is 0 Å². The van der Waals surface area contributed by atoms with E-state index in [1.807, 2.05) is 11.3 Å². The molecule has 0 aliphatic rings. The van der Waals surface area contributed by atoms with Gasteiger partial charge in [0.25, 0.3) is 0 Å². The van der Waals surface area contributed by atoms with Crippen molar-refractivity contribution >= 4 is 11.3 Å². The average molecular weight is 298 g/mol. The molecule has 0 fully saturated rings. The van der Waals surface area contributed by atoms with Crippen molar-refractivity contribution in [2.45, 2.75) is 66.5 Å². The van der Waals surface area contributed by atoms with Gasteiger partial charge in [0.05, 0.1) is 10.7 Å². The standard InChI is InChI=1S/C16H31N3S/c1-6-13(5)17-12-15-14(7-2)18-16(20-15)10-11-19(8-3)9-4/h13,17H,6-12H2,1-5H3. The predicted octanol–water partition coefficient (Wildman–Crippen LogP) is 3.48. The molecule has 1 atom stereocenters. The van der Waals surface area contributed by atoms with Gasteiger partial charge in [0.15, 0.2) is 0 Å². The van der Waals surface area contributed by atoms with E-state index in [2.05, 4.69) is 44.8 Å². The molecule has 0 spiro atoms. The van der Waals surface area contributed by atoms with Crippen LogP contribution in [0.15, 0.2) is 0 Å². The average Bonchev–Trinajstić information content (AvgIpc) is 2.88. The number of aromatic nitrogens is 1. The highest BCUT2D eigenvalue weighted by atomic mass is 32.1. The molecule has 0 aromatic carbocycles. The van der Waals surface area contributed by atoms with E-state index >= 15 is 0 Å². The van der Waals surface area contributed by atoms with Crippen LogP contribution in [0.1, 0.15) is 56.6 Å². The number of hydrogen-bond acceptors (Lipinski definition) is 4. The van der Waals surface area contributed by atoms with Gasteiger partial charge in [-0.05, 0) is 32.9 Å². The number of nitrogens with one attached hydrogen (secondary N) is 1. The molecule has 1 rings (SSSR count). The van der Waals surface area contributed by atoms with Crippen LogP contribution in [0.25, 0.3) is 0 Å². The molecule has 3 nitrogen and oxygen atoms in total. The van der Waals surface area contributed by atoms with Gasteiger partial charge in [-0.25, -0.2) is 4.98 Å². The monoisotopic (exact) mass is 297 g/mol. The summed E-state index contributed by atoms with van der Waals surface area (Å²) in [5.74, 6) is 0. The molecule has 1 unspecified atom stereocenters. The Balaban J connectivity index is 2.58. The van der Waals surface area contributed by atoms with Crippen LogP contribution in [0, 0.1) is 0 Å². The summed E-state index contributed by atoms with van der Waals surface area (Å²) in [4.78, 5) is 8.72. The number of hydrogen-bond donors (Lipinski definition) is 1. The maximum absolute atomic E-state index is 4.82. The topological polar surface area (TPSA) is 28.2 Å². The number of likely N-dealkylation sites (N-methyl/N-ethyl adjacent to an activating group) is 1. The second-order valence-corrected chi connectivity index (χ2v) is 6.47. The number of rotatable bonds is 10. The van der Waals surface area contributed by atoms with Gasteiger partial charge < -0.3 is 10.2 Å². The Kier molecular flexibility index (Phi) is 8.34. The van der Waals surface area contributed by atoms with Gasteiger partial charge in [-0.3, -0.25) is 0 Å². The molecule has 20 heavy (non-hydrogen) atoms. The Morgan fingerprint density at radius 3 is 2.45 bits per heavy atom. The summed E-state index contributed by atoms with van der Waals surface area (Å²) in [6, 6.07) is 0.584. The molecule has 0 bridgehead atoms. The molecule has 116 valence electrons. The molecule has 1 aromatic heterocycles. The van der Waals surface area contributed by atoms with Crippen LogP contribution in [0.4, 0.5) is 0 Å². The first-order valence-corrected chi connectivity index (χ1v) is 8.89. The van der Waals surface area contributed by atoms with Crippen LogP contribution in [-0.4, -0.2) is 35.6 Å². The molecule has 1 heterocycles. The molecular formula is C16H31N3S. The lowest BCUT2D eigenvalue weighted by molar-refractivity contribution is 0.308. The normalized spacial score (nSPS) is 13.1. The Hall–Kier alpha value is -0.450. The first-order chi connectivity index (χ1) is 9.64. The summed E-state index contributed by atoms with van der Waals surface area (Å²) in [6.07, 6.45) is 3.30. The van der Waals surface area contributed by atoms with E-state index in [0.717, 1.165) is 39.0 Å². The lowest BCUT2D eigenvalue weighted by Gasteiger charge is -2.16. The lowest BCUT2D eigenvalue weighted by Crippen LogP contribution is -2.25. The molecule has 0 aliphatic heterocycles. The van der Waals surface area contributed by atoms with Crippen molar-refractivity contribution in [3.8, 4) is 0 Å². The summed E-state index contributed by atoms with van der Waals surface area (Å²) < 4.78 is 0. The fourth-order valence-corrected chi connectivity index (χ4v) is 3.26. The van der Waals surface area contributed by atoms with Crippen LogP contribution in [0.5, 0.6) is 0 Å². The molecule has 4 heteroatoms. The summed E-state index contributed by atoms with van der Waals surface area (Å²) in [5.41, 5.74) is 1.29. The van der Waals surface area contributed by atoms with Crippen molar-refractivity contribution < 1.29 is 0 Å². The molecular weight excluding hydrogens is 266 g/mol. The fourth-order valence-electron chi connectivity index (χ4n) is 2.16. The minimum atomic E-state index is 0.584. The van der Waals surface area contributed by atoms with E-state index in [4.69, 9.17) is 4.98 Å². The molecule has 0 amide bonds. The molecule has 0 saturated heterocycles. The molecule has 0 saturated carbocycles. The summed E-state index contributed by atoms with van der Waals surface area (Å²) >= 11 is 1.90. The second kappa shape index (κ2) is 9.48. The van der Waals surface area contributed by atoms with Crippen molar-refractivity contribution in [3.63, 3.8) is 0 Å². The third-order valence-electron chi connectivity index (χ3n) is 3.92. The summed E-state index contributed by atoms with van der Waals surface area (Å²) in [7, 11) is 0. The number of nitrogens with zero attached hydrogens (tertiary/aromatic N) is 2. The van der Waals surface area contributed by atoms with Gasteiger partial charge in [-0.2, -0.15) is 0 Å². The zero-order chi connectivity index (χ0) is 15.0. The SMILES string of the molecule is CCc1nc(CCN(CC)CC)sc1CNC(C)CC. The van der Waals surface area contributed by atoms with Gasteiger partial charge in [-0.1, -0.05) is 27.7 Å². The van der Waals surface area contributed by atoms with Gasteiger partial charge in [0, 0.05) is 30.4 Å². The highest BCUT2D eigenvalue weighted by Crippen LogP contribution is 2.20. The van der Waals surface area contributed by atoms with E-state index in [0.29, 0.717) is 6.04 Å². The van der Waals surface area contributed by atoms with Crippen molar-refractivity contribution in [2.24, 2.45) is 0 Å². The third kappa shape index (κ3) is 5.51. The minimum absolute atomic E-state index is 0.584. The maximum atomic E-state index is 4.82. The van der Waals surface area contributed by atoms with E-state index < -0.39 is 0 Å².